The molecule has 0 radical (unpaired) electrons. The Kier molecular flexibility index (Phi) is 10.9. The summed E-state index contributed by atoms with van der Waals surface area (Å²) in [6.07, 6.45) is 4.45. The first kappa shape index (κ1) is 26.4. The first-order valence-corrected chi connectivity index (χ1v) is 12.1. The van der Waals surface area contributed by atoms with Crippen LogP contribution in [-0.2, 0) is 4.74 Å². The lowest BCUT2D eigenvalue weighted by atomic mass is 10.1. The van der Waals surface area contributed by atoms with Gasteiger partial charge in [-0.1, -0.05) is 38.3 Å². The Morgan fingerprint density at radius 1 is 0.879 bits per heavy atom. The summed E-state index contributed by atoms with van der Waals surface area (Å²) in [5.74, 6) is -0.0182. The van der Waals surface area contributed by atoms with Crippen LogP contribution in [0.25, 0.3) is 0 Å². The van der Waals surface area contributed by atoms with Gasteiger partial charge in [-0.2, -0.15) is 0 Å². The molecule has 180 valence electrons. The number of para-hydroxylation sites is 1. The molecule has 0 aliphatic heterocycles. The minimum atomic E-state index is -0.353. The fourth-order valence-electron chi connectivity index (χ4n) is 3.36. The molecule has 2 rings (SSSR count). The molecule has 2 aromatic carbocycles. The molecule has 0 aliphatic carbocycles. The number of hydrogen-bond donors (Lipinski definition) is 1. The molecule has 1 amide bonds. The molecule has 0 aliphatic rings. The van der Waals surface area contributed by atoms with E-state index in [1.807, 2.05) is 18.2 Å². The van der Waals surface area contributed by atoms with E-state index in [9.17, 15) is 9.59 Å². The molecule has 0 bridgehead atoms. The maximum Gasteiger partial charge on any atom is 0.338 e. The van der Waals surface area contributed by atoms with E-state index in [1.54, 1.807) is 30.3 Å². The summed E-state index contributed by atoms with van der Waals surface area (Å²) >= 11 is 0. The maximum absolute atomic E-state index is 12.8. The number of carbonyl (C=O) groups excluding carboxylic acids is 2. The number of anilines is 1. The predicted octanol–water partition coefficient (Wildman–Crippen LogP) is 5.54. The monoisotopic (exact) mass is 455 g/mol. The van der Waals surface area contributed by atoms with Gasteiger partial charge in [0, 0.05) is 5.69 Å². The van der Waals surface area contributed by atoms with Crippen molar-refractivity contribution in [3.05, 3.63) is 59.7 Å². The van der Waals surface area contributed by atoms with Crippen LogP contribution in [0.15, 0.2) is 48.5 Å². The summed E-state index contributed by atoms with van der Waals surface area (Å²) in [5.41, 5.74) is 1.56. The van der Waals surface area contributed by atoms with E-state index in [1.165, 1.54) is 12.8 Å². The van der Waals surface area contributed by atoms with Crippen molar-refractivity contribution in [1.82, 2.24) is 0 Å². The van der Waals surface area contributed by atoms with Gasteiger partial charge in [0.25, 0.3) is 5.91 Å². The van der Waals surface area contributed by atoms with Crippen molar-refractivity contribution in [2.75, 3.05) is 45.2 Å². The second-order valence-electron chi connectivity index (χ2n) is 8.55. The average molecular weight is 456 g/mol. The summed E-state index contributed by atoms with van der Waals surface area (Å²) in [6.45, 7) is 10.2. The number of nitrogens with one attached hydrogen (secondary N) is 1. The zero-order chi connectivity index (χ0) is 24.1. The third-order valence-electron chi connectivity index (χ3n) is 6.16. The van der Waals surface area contributed by atoms with Crippen LogP contribution in [-0.4, -0.2) is 56.3 Å². The van der Waals surface area contributed by atoms with Crippen molar-refractivity contribution >= 4 is 17.6 Å². The first-order chi connectivity index (χ1) is 15.9. The van der Waals surface area contributed by atoms with Gasteiger partial charge in [0.2, 0.25) is 0 Å². The fourth-order valence-corrected chi connectivity index (χ4v) is 3.36. The van der Waals surface area contributed by atoms with Gasteiger partial charge in [0.1, 0.15) is 18.9 Å². The maximum atomic E-state index is 12.8. The van der Waals surface area contributed by atoms with E-state index in [-0.39, 0.29) is 11.9 Å². The second kappa shape index (κ2) is 13.6. The zero-order valence-electron chi connectivity index (χ0n) is 20.6. The molecule has 0 aromatic heterocycles. The minimum absolute atomic E-state index is 0.245. The molecule has 0 saturated heterocycles. The lowest BCUT2D eigenvalue weighted by Gasteiger charge is -2.31. The molecule has 6 nitrogen and oxygen atoms in total. The number of esters is 1. The number of carbonyl (C=O) groups is 2. The SMILES string of the molecule is CCCCCCOc1ccccc1C(=O)Nc1ccc(C(=O)OCC[N+](C)(CC)CC)cc1. The summed E-state index contributed by atoms with van der Waals surface area (Å²) < 4.78 is 12.1. The van der Waals surface area contributed by atoms with E-state index in [2.05, 4.69) is 33.1 Å². The topological polar surface area (TPSA) is 64.6 Å². The smallest absolute Gasteiger partial charge is 0.338 e. The molecule has 1 N–H and O–H groups in total. The largest absolute Gasteiger partial charge is 0.493 e. The molecule has 0 unspecified atom stereocenters. The van der Waals surface area contributed by atoms with Gasteiger partial charge in [-0.3, -0.25) is 4.79 Å². The van der Waals surface area contributed by atoms with Crippen LogP contribution in [0.1, 0.15) is 67.2 Å². The third kappa shape index (κ3) is 8.54. The highest BCUT2D eigenvalue weighted by atomic mass is 16.5. The summed E-state index contributed by atoms with van der Waals surface area (Å²) in [6, 6.07) is 14.0. The van der Waals surface area contributed by atoms with Gasteiger partial charge >= 0.3 is 5.97 Å². The number of unbranched alkanes of at least 4 members (excludes halogenated alkanes) is 3. The normalized spacial score (nSPS) is 11.2. The molecule has 0 heterocycles. The standard InChI is InChI=1S/C27H38N2O4/c1-5-8-9-12-20-32-25-14-11-10-13-24(25)26(30)28-23-17-15-22(16-18-23)27(31)33-21-19-29(4,6-2)7-3/h10-11,13-18H,5-9,12,19-21H2,1-4H3/p+1. The van der Waals surface area contributed by atoms with Crippen LogP contribution in [0.3, 0.4) is 0 Å². The Morgan fingerprint density at radius 2 is 1.58 bits per heavy atom. The molecule has 0 saturated carbocycles. The van der Waals surface area contributed by atoms with Crippen molar-refractivity contribution in [3.63, 3.8) is 0 Å². The number of hydrogen-bond acceptors (Lipinski definition) is 4. The second-order valence-corrected chi connectivity index (χ2v) is 8.55. The molecular weight excluding hydrogens is 416 g/mol. The highest BCUT2D eigenvalue weighted by Crippen LogP contribution is 2.21. The third-order valence-corrected chi connectivity index (χ3v) is 6.16. The first-order valence-electron chi connectivity index (χ1n) is 12.1. The fraction of sp³-hybridized carbons (Fsp3) is 0.481. The van der Waals surface area contributed by atoms with E-state index in [4.69, 9.17) is 9.47 Å². The Bertz CT molecular complexity index is 876. The quantitative estimate of drug-likeness (QED) is 0.231. The average Bonchev–Trinajstić information content (AvgIpc) is 2.84. The molecular formula is C27H39N2O4+. The van der Waals surface area contributed by atoms with Gasteiger partial charge < -0.3 is 19.3 Å². The van der Waals surface area contributed by atoms with Crippen molar-refractivity contribution in [1.29, 1.82) is 0 Å². The summed E-state index contributed by atoms with van der Waals surface area (Å²) in [7, 11) is 2.15. The van der Waals surface area contributed by atoms with Crippen LogP contribution in [0.2, 0.25) is 0 Å². The van der Waals surface area contributed by atoms with Gasteiger partial charge in [-0.15, -0.1) is 0 Å². The van der Waals surface area contributed by atoms with Crippen LogP contribution in [0, 0.1) is 0 Å². The summed E-state index contributed by atoms with van der Waals surface area (Å²) in [5, 5.41) is 2.88. The molecule has 2 aromatic rings. The van der Waals surface area contributed by atoms with Crippen molar-refractivity contribution in [3.8, 4) is 5.75 Å². The van der Waals surface area contributed by atoms with Gasteiger partial charge in [-0.25, -0.2) is 4.79 Å². The lowest BCUT2D eigenvalue weighted by molar-refractivity contribution is -0.906. The Balaban J connectivity index is 1.90. The number of ether oxygens (including phenoxy) is 2. The van der Waals surface area contributed by atoms with E-state index in [0.717, 1.165) is 37.0 Å². The van der Waals surface area contributed by atoms with Gasteiger partial charge in [0.05, 0.1) is 37.9 Å². The van der Waals surface area contributed by atoms with E-state index in [0.29, 0.717) is 35.8 Å². The Morgan fingerprint density at radius 3 is 2.24 bits per heavy atom. The number of rotatable bonds is 14. The highest BCUT2D eigenvalue weighted by Gasteiger charge is 2.18. The number of nitrogens with zero attached hydrogens (tertiary/aromatic N) is 1. The minimum Gasteiger partial charge on any atom is -0.493 e. The predicted molar refractivity (Wildman–Crippen MR) is 133 cm³/mol. The van der Waals surface area contributed by atoms with E-state index < -0.39 is 0 Å². The summed E-state index contributed by atoms with van der Waals surface area (Å²) in [4.78, 5) is 25.1. The number of amides is 1. The molecule has 0 spiro atoms. The number of likely N-dealkylation sites (N-methyl/N-ethyl adjacent to an activating group) is 1. The molecule has 0 fully saturated rings. The van der Waals surface area contributed by atoms with E-state index >= 15 is 0 Å². The van der Waals surface area contributed by atoms with Gasteiger partial charge in [0.15, 0.2) is 0 Å². The highest BCUT2D eigenvalue weighted by molar-refractivity contribution is 6.06. The number of benzene rings is 2. The van der Waals surface area contributed by atoms with Crippen LogP contribution < -0.4 is 10.1 Å². The Hall–Kier alpha value is -2.86. The van der Waals surface area contributed by atoms with Crippen molar-refractivity contribution in [2.45, 2.75) is 46.5 Å². The van der Waals surface area contributed by atoms with Crippen LogP contribution >= 0.6 is 0 Å². The van der Waals surface area contributed by atoms with Gasteiger partial charge in [-0.05, 0) is 56.7 Å². The molecule has 0 atom stereocenters. The molecule has 33 heavy (non-hydrogen) atoms. The molecule has 6 heteroatoms. The van der Waals surface area contributed by atoms with Crippen molar-refractivity contribution in [2.24, 2.45) is 0 Å². The van der Waals surface area contributed by atoms with Crippen LogP contribution in [0.5, 0.6) is 5.75 Å². The zero-order valence-corrected chi connectivity index (χ0v) is 20.6. The van der Waals surface area contributed by atoms with Crippen molar-refractivity contribution < 1.29 is 23.5 Å². The number of quaternary nitrogens is 1. The van der Waals surface area contributed by atoms with Crippen LogP contribution in [0.4, 0.5) is 5.69 Å². The Labute approximate surface area is 198 Å². The lowest BCUT2D eigenvalue weighted by Crippen LogP contribution is -2.46.